The third-order valence-electron chi connectivity index (χ3n) is 7.73. The summed E-state index contributed by atoms with van der Waals surface area (Å²) in [5.74, 6) is -0.714. The lowest BCUT2D eigenvalue weighted by Crippen LogP contribution is -2.54. The summed E-state index contributed by atoms with van der Waals surface area (Å²) in [6.45, 7) is 12.9. The van der Waals surface area contributed by atoms with E-state index in [2.05, 4.69) is 28.8 Å². The van der Waals surface area contributed by atoms with Gasteiger partial charge in [0.1, 0.15) is 5.71 Å². The molecular formula is C32H41N3O5S. The van der Waals surface area contributed by atoms with Gasteiger partial charge in [0.25, 0.3) is 0 Å². The number of ether oxygens (including phenoxy) is 1. The first-order chi connectivity index (χ1) is 19.7. The Labute approximate surface area is 247 Å². The highest BCUT2D eigenvalue weighted by Gasteiger charge is 2.36. The van der Waals surface area contributed by atoms with Gasteiger partial charge in [-0.3, -0.25) is 14.5 Å². The van der Waals surface area contributed by atoms with Gasteiger partial charge in [-0.2, -0.15) is 0 Å². The predicted molar refractivity (Wildman–Crippen MR) is 163 cm³/mol. The number of nitrogens with zero attached hydrogens (tertiary/aromatic N) is 3. The monoisotopic (exact) mass is 579 g/mol. The quantitative estimate of drug-likeness (QED) is 0.0905. The number of anilines is 2. The van der Waals surface area contributed by atoms with E-state index in [0.29, 0.717) is 30.8 Å². The van der Waals surface area contributed by atoms with Crippen molar-refractivity contribution in [2.45, 2.75) is 82.1 Å². The number of carbonyl (C=O) groups excluding carboxylic acids is 3. The van der Waals surface area contributed by atoms with Gasteiger partial charge in [-0.05, 0) is 70.0 Å². The predicted octanol–water partition coefficient (Wildman–Crippen LogP) is 6.67. The summed E-state index contributed by atoms with van der Waals surface area (Å²) in [4.78, 5) is 49.8. The molecule has 8 nitrogen and oxygen atoms in total. The zero-order chi connectivity index (χ0) is 29.6. The molecule has 0 aliphatic carbocycles. The topological polar surface area (TPSA) is 88.5 Å². The fourth-order valence-electron chi connectivity index (χ4n) is 5.33. The highest BCUT2D eigenvalue weighted by molar-refractivity contribution is 7.99. The average molecular weight is 580 g/mol. The standard InChI is InChI=1S/C32H41N3O5S/c1-6-8-9-10-11-25(33-40-22(3)36)30(37)23-12-14-26-28(20-23)41-29-21-24(13-15-27(29)35(26)7-2)31(38)32(4,5)34-16-18-39-19-17-34/h12-15,20-21H,6-11,16-19H2,1-5H3/b33-25+. The number of unbranched alkanes of at least 4 members (excludes halogenated alkanes) is 3. The molecule has 0 radical (unpaired) electrons. The van der Waals surface area contributed by atoms with Crippen molar-refractivity contribution >= 4 is 46.4 Å². The van der Waals surface area contributed by atoms with Gasteiger partial charge in [0.05, 0.1) is 30.1 Å². The third-order valence-corrected chi connectivity index (χ3v) is 8.83. The van der Waals surface area contributed by atoms with Crippen LogP contribution in [0.2, 0.25) is 0 Å². The molecule has 220 valence electrons. The van der Waals surface area contributed by atoms with E-state index in [0.717, 1.165) is 66.5 Å². The maximum Gasteiger partial charge on any atom is 0.331 e. The summed E-state index contributed by atoms with van der Waals surface area (Å²) in [5.41, 5.74) is 2.82. The van der Waals surface area contributed by atoms with Crippen LogP contribution in [0.25, 0.3) is 0 Å². The van der Waals surface area contributed by atoms with Crippen LogP contribution in [0, 0.1) is 0 Å². The summed E-state index contributed by atoms with van der Waals surface area (Å²) >= 11 is 1.56. The molecule has 0 saturated carbocycles. The molecule has 41 heavy (non-hydrogen) atoms. The van der Waals surface area contributed by atoms with Crippen molar-refractivity contribution < 1.29 is 24.0 Å². The first-order valence-electron chi connectivity index (χ1n) is 14.6. The number of hydrogen-bond donors (Lipinski definition) is 0. The Morgan fingerprint density at radius 1 is 0.951 bits per heavy atom. The smallest absolute Gasteiger partial charge is 0.331 e. The molecule has 0 atom stereocenters. The number of benzene rings is 2. The Kier molecular flexibility index (Phi) is 10.4. The maximum atomic E-state index is 13.7. The summed E-state index contributed by atoms with van der Waals surface area (Å²) in [7, 11) is 0. The molecule has 9 heteroatoms. The Hall–Kier alpha value is -3.01. The highest BCUT2D eigenvalue weighted by Crippen LogP contribution is 2.49. The van der Waals surface area contributed by atoms with Gasteiger partial charge >= 0.3 is 5.97 Å². The van der Waals surface area contributed by atoms with E-state index < -0.39 is 11.5 Å². The number of fused-ring (bicyclic) bond motifs is 2. The van der Waals surface area contributed by atoms with Crippen LogP contribution in [0.1, 0.15) is 87.4 Å². The zero-order valence-corrected chi connectivity index (χ0v) is 25.6. The van der Waals surface area contributed by atoms with E-state index >= 15 is 0 Å². The van der Waals surface area contributed by atoms with Gasteiger partial charge in [0.2, 0.25) is 5.78 Å². The number of carbonyl (C=O) groups is 3. The summed E-state index contributed by atoms with van der Waals surface area (Å²) < 4.78 is 5.49. The van der Waals surface area contributed by atoms with Crippen LogP contribution in [0.5, 0.6) is 0 Å². The second-order valence-electron chi connectivity index (χ2n) is 11.0. The Morgan fingerprint density at radius 3 is 2.20 bits per heavy atom. The third kappa shape index (κ3) is 7.08. The van der Waals surface area contributed by atoms with Crippen LogP contribution in [0.4, 0.5) is 11.4 Å². The van der Waals surface area contributed by atoms with Crippen LogP contribution < -0.4 is 4.90 Å². The van der Waals surface area contributed by atoms with E-state index in [9.17, 15) is 14.4 Å². The van der Waals surface area contributed by atoms with Gasteiger partial charge in [-0.15, -0.1) is 0 Å². The lowest BCUT2D eigenvalue weighted by Gasteiger charge is -2.39. The first-order valence-corrected chi connectivity index (χ1v) is 15.4. The molecule has 2 aliphatic rings. The molecule has 0 amide bonds. The van der Waals surface area contributed by atoms with E-state index in [1.165, 1.54) is 6.92 Å². The van der Waals surface area contributed by atoms with Crippen LogP contribution in [-0.2, 0) is 14.4 Å². The molecule has 2 heterocycles. The van der Waals surface area contributed by atoms with E-state index in [1.807, 2.05) is 50.2 Å². The lowest BCUT2D eigenvalue weighted by atomic mass is 9.90. The van der Waals surface area contributed by atoms with Crippen LogP contribution in [0.15, 0.2) is 51.3 Å². The largest absolute Gasteiger partial charge is 0.379 e. The summed E-state index contributed by atoms with van der Waals surface area (Å²) in [6, 6.07) is 11.6. The van der Waals surface area contributed by atoms with Crippen molar-refractivity contribution in [1.29, 1.82) is 0 Å². The van der Waals surface area contributed by atoms with Crippen LogP contribution in [-0.4, -0.2) is 66.5 Å². The molecule has 1 saturated heterocycles. The number of hydrogen-bond acceptors (Lipinski definition) is 9. The molecule has 0 spiro atoms. The van der Waals surface area contributed by atoms with Gasteiger partial charge in [0, 0.05) is 47.5 Å². The highest BCUT2D eigenvalue weighted by atomic mass is 32.2. The number of Topliss-reactive ketones (excluding diaryl/α,β-unsaturated/α-hetero) is 2. The fraction of sp³-hybridized carbons (Fsp3) is 0.500. The van der Waals surface area contributed by atoms with Crippen LogP contribution >= 0.6 is 11.8 Å². The fourth-order valence-corrected chi connectivity index (χ4v) is 6.51. The summed E-state index contributed by atoms with van der Waals surface area (Å²) in [6.07, 6.45) is 4.39. The second kappa shape index (κ2) is 13.8. The average Bonchev–Trinajstić information content (AvgIpc) is 2.98. The zero-order valence-electron chi connectivity index (χ0n) is 24.8. The molecule has 0 N–H and O–H groups in total. The number of oxime groups is 1. The SMILES string of the molecule is CCCCCC/C(=N\OC(C)=O)C(=O)c1ccc2c(c1)Sc1cc(C(=O)C(C)(C)N3CCOCC3)ccc1N2CC. The van der Waals surface area contributed by atoms with Gasteiger partial charge in [-0.1, -0.05) is 43.1 Å². The van der Waals surface area contributed by atoms with Crippen molar-refractivity contribution in [3.05, 3.63) is 47.5 Å². The van der Waals surface area contributed by atoms with Crippen molar-refractivity contribution in [2.24, 2.45) is 5.16 Å². The molecule has 0 bridgehead atoms. The van der Waals surface area contributed by atoms with Crippen LogP contribution in [0.3, 0.4) is 0 Å². The van der Waals surface area contributed by atoms with Crippen molar-refractivity contribution in [2.75, 3.05) is 37.7 Å². The van der Waals surface area contributed by atoms with Crippen molar-refractivity contribution in [1.82, 2.24) is 4.90 Å². The van der Waals surface area contributed by atoms with E-state index in [-0.39, 0.29) is 17.3 Å². The lowest BCUT2D eigenvalue weighted by molar-refractivity contribution is -0.140. The van der Waals surface area contributed by atoms with E-state index in [4.69, 9.17) is 9.57 Å². The molecule has 4 rings (SSSR count). The van der Waals surface area contributed by atoms with Crippen molar-refractivity contribution in [3.8, 4) is 0 Å². The number of rotatable bonds is 12. The second-order valence-corrected chi connectivity index (χ2v) is 12.0. The first kappa shape index (κ1) is 30.9. The van der Waals surface area contributed by atoms with E-state index in [1.54, 1.807) is 11.8 Å². The van der Waals surface area contributed by atoms with Gasteiger partial charge in [-0.25, -0.2) is 4.79 Å². The minimum Gasteiger partial charge on any atom is -0.379 e. The molecule has 2 aromatic rings. The maximum absolute atomic E-state index is 13.7. The normalized spacial score (nSPS) is 15.7. The number of morpholine rings is 1. The Balaban J connectivity index is 1.61. The molecular weight excluding hydrogens is 538 g/mol. The number of ketones is 2. The molecule has 0 unspecified atom stereocenters. The molecule has 0 aromatic heterocycles. The minimum absolute atomic E-state index is 0.0787. The molecule has 2 aliphatic heterocycles. The van der Waals surface area contributed by atoms with Gasteiger partial charge < -0.3 is 14.5 Å². The Morgan fingerprint density at radius 2 is 1.59 bits per heavy atom. The van der Waals surface area contributed by atoms with Crippen molar-refractivity contribution in [3.63, 3.8) is 0 Å². The Bertz CT molecular complexity index is 1320. The minimum atomic E-state index is -0.645. The molecule has 2 aromatic carbocycles. The van der Waals surface area contributed by atoms with Gasteiger partial charge in [0.15, 0.2) is 5.78 Å². The molecule has 1 fully saturated rings. The summed E-state index contributed by atoms with van der Waals surface area (Å²) in [5, 5.41) is 3.92.